The number of aromatic nitrogens is 3. The number of para-hydroxylation sites is 2. The molecule has 2 saturated heterocycles. The minimum Gasteiger partial charge on any atom is -0.395 e. The van der Waals surface area contributed by atoms with Crippen molar-refractivity contribution in [1.82, 2.24) is 24.8 Å². The van der Waals surface area contributed by atoms with Crippen LogP contribution in [0.25, 0.3) is 11.0 Å². The van der Waals surface area contributed by atoms with Gasteiger partial charge in [-0.05, 0) is 24.3 Å². The maximum Gasteiger partial charge on any atom is 0.248 e. The Kier molecular flexibility index (Phi) is 6.01. The highest BCUT2D eigenvalue weighted by Crippen LogP contribution is 2.61. The molecule has 3 amide bonds. The third-order valence-corrected chi connectivity index (χ3v) is 10.1. The zero-order valence-corrected chi connectivity index (χ0v) is 22.4. The van der Waals surface area contributed by atoms with Gasteiger partial charge in [-0.15, -0.1) is 16.9 Å². The van der Waals surface area contributed by atoms with Crippen molar-refractivity contribution in [2.24, 2.45) is 11.8 Å². The van der Waals surface area contributed by atoms with E-state index in [1.165, 1.54) is 16.7 Å². The second-order valence-electron chi connectivity index (χ2n) is 10.5. The smallest absolute Gasteiger partial charge is 0.248 e. The van der Waals surface area contributed by atoms with E-state index in [9.17, 15) is 19.5 Å². The number of thioether (sulfide) groups is 1. The molecule has 204 valence electrons. The number of carbonyl (C=O) groups excluding carboxylic acids is 3. The number of benzene rings is 2. The van der Waals surface area contributed by atoms with Gasteiger partial charge in [-0.3, -0.25) is 14.4 Å². The molecule has 7 rings (SSSR count). The number of nitrogens with zero attached hydrogens (tertiary/aromatic N) is 6. The Balaban J connectivity index is 1.27. The SMILES string of the molecule is O=C1C2N(CCO)C(=O)[C@@H]3[C@@H]4C(=O)N(c5ccccc5)CC=C[C@@H]4S[C@]23C=CCN1Cn1nnc2ccccc21. The maximum atomic E-state index is 14.3. The van der Waals surface area contributed by atoms with E-state index in [4.69, 9.17) is 0 Å². The number of hydrogen-bond acceptors (Lipinski definition) is 7. The van der Waals surface area contributed by atoms with Gasteiger partial charge in [0.15, 0.2) is 0 Å². The number of fused-ring (bicyclic) bond motifs is 3. The summed E-state index contributed by atoms with van der Waals surface area (Å²) in [4.78, 5) is 47.5. The summed E-state index contributed by atoms with van der Waals surface area (Å²) in [6, 6.07) is 16.2. The lowest BCUT2D eigenvalue weighted by atomic mass is 9.78. The van der Waals surface area contributed by atoms with Crippen LogP contribution in [-0.2, 0) is 21.1 Å². The number of aliphatic hydroxyl groups excluding tert-OH is 1. The van der Waals surface area contributed by atoms with E-state index < -0.39 is 22.6 Å². The average molecular weight is 557 g/mol. The summed E-state index contributed by atoms with van der Waals surface area (Å²) in [5, 5.41) is 18.1. The van der Waals surface area contributed by atoms with E-state index in [-0.39, 0.29) is 42.8 Å². The zero-order valence-electron chi connectivity index (χ0n) is 21.6. The molecule has 3 aromatic rings. The zero-order chi connectivity index (χ0) is 27.4. The molecule has 11 heteroatoms. The number of rotatable bonds is 5. The fourth-order valence-corrected chi connectivity index (χ4v) is 8.69. The summed E-state index contributed by atoms with van der Waals surface area (Å²) in [5.74, 6) is -1.97. The van der Waals surface area contributed by atoms with E-state index in [0.717, 1.165) is 16.7 Å². The van der Waals surface area contributed by atoms with Gasteiger partial charge in [-0.2, -0.15) is 0 Å². The van der Waals surface area contributed by atoms with E-state index in [0.29, 0.717) is 13.1 Å². The summed E-state index contributed by atoms with van der Waals surface area (Å²) < 4.78 is 0.747. The second-order valence-corrected chi connectivity index (χ2v) is 12.0. The van der Waals surface area contributed by atoms with Crippen LogP contribution >= 0.6 is 11.8 Å². The van der Waals surface area contributed by atoms with Crippen molar-refractivity contribution in [3.8, 4) is 0 Å². The summed E-state index contributed by atoms with van der Waals surface area (Å²) in [6.45, 7) is 0.655. The lowest BCUT2D eigenvalue weighted by Crippen LogP contribution is -2.53. The molecule has 1 spiro atoms. The normalized spacial score (nSPS) is 29.5. The number of carbonyl (C=O) groups is 3. The molecule has 2 aromatic carbocycles. The Morgan fingerprint density at radius 2 is 1.75 bits per heavy atom. The van der Waals surface area contributed by atoms with Crippen LogP contribution < -0.4 is 4.90 Å². The first-order chi connectivity index (χ1) is 19.5. The fourth-order valence-electron chi connectivity index (χ4n) is 6.68. The molecule has 10 nitrogen and oxygen atoms in total. The van der Waals surface area contributed by atoms with Gasteiger partial charge in [0.2, 0.25) is 17.7 Å². The largest absolute Gasteiger partial charge is 0.395 e. The first-order valence-corrected chi connectivity index (χ1v) is 14.3. The third kappa shape index (κ3) is 3.64. The molecule has 1 unspecified atom stereocenters. The standard InChI is InChI=1S/C29H28N6O4S/c36-17-16-34-25-28(39)32(18-35-21-11-5-4-10-20(21)30-31-35)14-7-13-29(25)24(27(34)38)23-22(40-29)12-6-15-33(26(23)37)19-8-2-1-3-9-19/h1-13,22-25,36H,14-18H2/t22-,23+,24-,25?,29-/m0/s1. The molecular weight excluding hydrogens is 528 g/mol. The van der Waals surface area contributed by atoms with Crippen LogP contribution in [0.5, 0.6) is 0 Å². The monoisotopic (exact) mass is 556 g/mol. The molecule has 0 radical (unpaired) electrons. The first kappa shape index (κ1) is 25.0. The summed E-state index contributed by atoms with van der Waals surface area (Å²) >= 11 is 1.53. The van der Waals surface area contributed by atoms with Crippen molar-refractivity contribution in [3.63, 3.8) is 0 Å². The Morgan fingerprint density at radius 3 is 2.58 bits per heavy atom. The van der Waals surface area contributed by atoms with Crippen LogP contribution in [-0.4, -0.2) is 89.9 Å². The first-order valence-electron chi connectivity index (χ1n) is 13.4. The fraction of sp³-hybridized carbons (Fsp3) is 0.345. The highest BCUT2D eigenvalue weighted by molar-refractivity contribution is 8.02. The molecule has 40 heavy (non-hydrogen) atoms. The van der Waals surface area contributed by atoms with Crippen molar-refractivity contribution in [2.75, 3.05) is 31.1 Å². The van der Waals surface area contributed by atoms with Gasteiger partial charge in [0, 0.05) is 30.6 Å². The Bertz CT molecular complexity index is 1560. The molecule has 0 aliphatic carbocycles. The molecule has 0 bridgehead atoms. The van der Waals surface area contributed by atoms with Gasteiger partial charge in [-0.1, -0.05) is 59.8 Å². The Morgan fingerprint density at radius 1 is 0.950 bits per heavy atom. The predicted molar refractivity (Wildman–Crippen MR) is 150 cm³/mol. The second kappa shape index (κ2) is 9.60. The van der Waals surface area contributed by atoms with E-state index in [1.807, 2.05) is 78.9 Å². The molecule has 0 saturated carbocycles. The number of hydrogen-bond donors (Lipinski definition) is 1. The average Bonchev–Trinajstić information content (AvgIpc) is 3.52. The third-order valence-electron chi connectivity index (χ3n) is 8.38. The van der Waals surface area contributed by atoms with Gasteiger partial charge in [0.1, 0.15) is 18.2 Å². The molecule has 4 aliphatic rings. The quantitative estimate of drug-likeness (QED) is 0.476. The van der Waals surface area contributed by atoms with Crippen molar-refractivity contribution >= 4 is 46.2 Å². The van der Waals surface area contributed by atoms with Gasteiger partial charge >= 0.3 is 0 Å². The van der Waals surface area contributed by atoms with Crippen LogP contribution in [0.1, 0.15) is 0 Å². The van der Waals surface area contributed by atoms with Crippen molar-refractivity contribution in [1.29, 1.82) is 0 Å². The van der Waals surface area contributed by atoms with E-state index in [1.54, 1.807) is 14.5 Å². The summed E-state index contributed by atoms with van der Waals surface area (Å²) in [5.41, 5.74) is 2.31. The van der Waals surface area contributed by atoms with Crippen LogP contribution in [0, 0.1) is 11.8 Å². The Labute approximate surface area is 234 Å². The van der Waals surface area contributed by atoms with Gasteiger partial charge in [0.25, 0.3) is 0 Å². The lowest BCUT2D eigenvalue weighted by molar-refractivity contribution is -0.143. The lowest BCUT2D eigenvalue weighted by Gasteiger charge is -2.35. The van der Waals surface area contributed by atoms with Gasteiger partial charge in [-0.25, -0.2) is 4.68 Å². The minimum atomic E-state index is -0.933. The topological polar surface area (TPSA) is 112 Å². The highest BCUT2D eigenvalue weighted by atomic mass is 32.2. The summed E-state index contributed by atoms with van der Waals surface area (Å²) in [7, 11) is 0. The predicted octanol–water partition coefficient (Wildman–Crippen LogP) is 1.68. The molecule has 1 aromatic heterocycles. The minimum absolute atomic E-state index is 0.0196. The molecule has 5 atom stereocenters. The molecular formula is C29H28N6O4S. The van der Waals surface area contributed by atoms with Gasteiger partial charge in [0.05, 0.1) is 28.7 Å². The molecule has 5 heterocycles. The van der Waals surface area contributed by atoms with Crippen LogP contribution in [0.15, 0.2) is 78.9 Å². The number of likely N-dealkylation sites (tertiary alicyclic amines) is 1. The highest BCUT2D eigenvalue weighted by Gasteiger charge is 2.71. The van der Waals surface area contributed by atoms with Crippen LogP contribution in [0.2, 0.25) is 0 Å². The van der Waals surface area contributed by atoms with Crippen molar-refractivity contribution in [3.05, 3.63) is 78.9 Å². The van der Waals surface area contributed by atoms with Gasteiger partial charge < -0.3 is 19.8 Å². The number of β-amino-alcohol motifs (C(OH)–C–C–N with tert-alkyl or cyclic N) is 1. The van der Waals surface area contributed by atoms with Crippen LogP contribution in [0.3, 0.4) is 0 Å². The maximum absolute atomic E-state index is 14.3. The molecule has 2 fully saturated rings. The number of anilines is 1. The molecule has 4 aliphatic heterocycles. The van der Waals surface area contributed by atoms with E-state index in [2.05, 4.69) is 10.3 Å². The van der Waals surface area contributed by atoms with Crippen molar-refractivity contribution < 1.29 is 19.5 Å². The summed E-state index contributed by atoms with van der Waals surface area (Å²) in [6.07, 6.45) is 7.91. The van der Waals surface area contributed by atoms with Crippen LogP contribution in [0.4, 0.5) is 5.69 Å². The molecule has 1 N–H and O–H groups in total. The number of aliphatic hydroxyl groups is 1. The van der Waals surface area contributed by atoms with E-state index >= 15 is 0 Å². The number of amides is 3. The van der Waals surface area contributed by atoms with Crippen molar-refractivity contribution in [2.45, 2.75) is 22.7 Å². The Hall–Kier alpha value is -3.96.